The van der Waals surface area contributed by atoms with E-state index < -0.39 is 0 Å². The van der Waals surface area contributed by atoms with Crippen LogP contribution in [0.2, 0.25) is 5.02 Å². The third-order valence-corrected chi connectivity index (χ3v) is 7.27. The van der Waals surface area contributed by atoms with E-state index in [1.807, 2.05) is 24.4 Å². The molecule has 0 amide bonds. The van der Waals surface area contributed by atoms with Crippen LogP contribution in [0.4, 0.5) is 11.5 Å². The van der Waals surface area contributed by atoms with E-state index in [2.05, 4.69) is 63.0 Å². The molecule has 1 aromatic heterocycles. The van der Waals surface area contributed by atoms with E-state index in [-0.39, 0.29) is 5.41 Å². The standard InChI is InChI=1S/C26H27ClN4S/c27-22-9-7-21(8-10-22)26(13-3-4-14-26)18-29-25(32)30-23-11-12-24(28-15-23)31-16-19-5-1-2-6-20(19)17-31/h1-2,5-12,15H,3-4,13-14,16-18H2,(H2,29,30,32). The molecule has 2 N–H and O–H groups in total. The van der Waals surface area contributed by atoms with Gasteiger partial charge < -0.3 is 15.5 Å². The summed E-state index contributed by atoms with van der Waals surface area (Å²) in [4.78, 5) is 6.96. The number of hydrogen-bond donors (Lipinski definition) is 2. The van der Waals surface area contributed by atoms with E-state index in [4.69, 9.17) is 23.8 Å². The molecule has 6 heteroatoms. The predicted octanol–water partition coefficient (Wildman–Crippen LogP) is 6.05. The van der Waals surface area contributed by atoms with E-state index in [9.17, 15) is 0 Å². The zero-order valence-electron chi connectivity index (χ0n) is 18.0. The van der Waals surface area contributed by atoms with Crippen LogP contribution in [0.1, 0.15) is 42.4 Å². The Kier molecular flexibility index (Phi) is 6.03. The Morgan fingerprint density at radius 3 is 2.28 bits per heavy atom. The number of halogens is 1. The van der Waals surface area contributed by atoms with Crippen molar-refractivity contribution in [2.75, 3.05) is 16.8 Å². The second kappa shape index (κ2) is 9.08. The van der Waals surface area contributed by atoms with Crippen molar-refractivity contribution < 1.29 is 0 Å². The monoisotopic (exact) mass is 462 g/mol. The highest BCUT2D eigenvalue weighted by Crippen LogP contribution is 2.41. The molecular weight excluding hydrogens is 436 g/mol. The van der Waals surface area contributed by atoms with Crippen molar-refractivity contribution in [2.45, 2.75) is 44.2 Å². The van der Waals surface area contributed by atoms with Crippen LogP contribution in [-0.4, -0.2) is 16.6 Å². The average molecular weight is 463 g/mol. The summed E-state index contributed by atoms with van der Waals surface area (Å²) in [5.41, 5.74) is 5.11. The van der Waals surface area contributed by atoms with Gasteiger partial charge in [-0.15, -0.1) is 0 Å². The SMILES string of the molecule is S=C(NCC1(c2ccc(Cl)cc2)CCCC1)Nc1ccc(N2Cc3ccccc3C2)nc1. The maximum absolute atomic E-state index is 6.10. The summed E-state index contributed by atoms with van der Waals surface area (Å²) < 4.78 is 0. The van der Waals surface area contributed by atoms with Crippen LogP contribution < -0.4 is 15.5 Å². The Labute approximate surface area is 200 Å². The first-order valence-corrected chi connectivity index (χ1v) is 12.0. The van der Waals surface area contributed by atoms with Crippen LogP contribution in [0.15, 0.2) is 66.9 Å². The summed E-state index contributed by atoms with van der Waals surface area (Å²) in [5, 5.41) is 8.17. The Morgan fingerprint density at radius 2 is 1.66 bits per heavy atom. The molecule has 2 aliphatic rings. The van der Waals surface area contributed by atoms with Crippen molar-refractivity contribution >= 4 is 40.4 Å². The highest BCUT2D eigenvalue weighted by molar-refractivity contribution is 7.80. The maximum atomic E-state index is 6.10. The second-order valence-corrected chi connectivity index (χ2v) is 9.68. The van der Waals surface area contributed by atoms with Gasteiger partial charge in [0, 0.05) is 30.1 Å². The fourth-order valence-corrected chi connectivity index (χ4v) is 5.31. The summed E-state index contributed by atoms with van der Waals surface area (Å²) in [7, 11) is 0. The lowest BCUT2D eigenvalue weighted by Gasteiger charge is -2.30. The number of pyridine rings is 1. The number of nitrogens with one attached hydrogen (secondary N) is 2. The first-order chi connectivity index (χ1) is 15.6. The molecule has 2 heterocycles. The number of anilines is 2. The minimum atomic E-state index is 0.114. The van der Waals surface area contributed by atoms with Gasteiger partial charge in [0.15, 0.2) is 5.11 Å². The minimum Gasteiger partial charge on any atom is -0.362 e. The summed E-state index contributed by atoms with van der Waals surface area (Å²) in [6.45, 7) is 2.63. The van der Waals surface area contributed by atoms with Gasteiger partial charge in [0.2, 0.25) is 0 Å². The molecule has 5 rings (SSSR count). The van der Waals surface area contributed by atoms with Crippen molar-refractivity contribution in [2.24, 2.45) is 0 Å². The first kappa shape index (κ1) is 21.2. The molecule has 32 heavy (non-hydrogen) atoms. The van der Waals surface area contributed by atoms with E-state index >= 15 is 0 Å². The van der Waals surface area contributed by atoms with Gasteiger partial charge in [0.25, 0.3) is 0 Å². The number of fused-ring (bicyclic) bond motifs is 1. The van der Waals surface area contributed by atoms with Crippen LogP contribution in [-0.2, 0) is 18.5 Å². The van der Waals surface area contributed by atoms with Crippen molar-refractivity contribution in [3.8, 4) is 0 Å². The Hall–Kier alpha value is -2.63. The van der Waals surface area contributed by atoms with Gasteiger partial charge in [-0.3, -0.25) is 0 Å². The third-order valence-electron chi connectivity index (χ3n) is 6.78. The molecule has 1 aliphatic carbocycles. The molecule has 0 bridgehead atoms. The molecular formula is C26H27ClN4S. The highest BCUT2D eigenvalue weighted by atomic mass is 35.5. The molecule has 164 valence electrons. The number of rotatable bonds is 5. The van der Waals surface area contributed by atoms with Gasteiger partial charge in [0.05, 0.1) is 11.9 Å². The minimum absolute atomic E-state index is 0.114. The molecule has 1 saturated carbocycles. The van der Waals surface area contributed by atoms with Crippen LogP contribution >= 0.6 is 23.8 Å². The van der Waals surface area contributed by atoms with Gasteiger partial charge >= 0.3 is 0 Å². The smallest absolute Gasteiger partial charge is 0.170 e. The number of aromatic nitrogens is 1. The molecule has 4 nitrogen and oxygen atoms in total. The lowest BCUT2D eigenvalue weighted by atomic mass is 9.79. The van der Waals surface area contributed by atoms with Crippen LogP contribution in [0.5, 0.6) is 0 Å². The number of thiocarbonyl (C=S) groups is 1. The quantitative estimate of drug-likeness (QED) is 0.451. The van der Waals surface area contributed by atoms with E-state index in [1.165, 1.54) is 42.4 Å². The van der Waals surface area contributed by atoms with Crippen LogP contribution in [0.3, 0.4) is 0 Å². The Balaban J connectivity index is 1.19. The second-order valence-electron chi connectivity index (χ2n) is 8.83. The summed E-state index contributed by atoms with van der Waals surface area (Å²) in [6.07, 6.45) is 6.68. The lowest BCUT2D eigenvalue weighted by molar-refractivity contribution is 0.435. The molecule has 0 radical (unpaired) electrons. The highest BCUT2D eigenvalue weighted by Gasteiger charge is 2.35. The van der Waals surface area contributed by atoms with E-state index in [0.29, 0.717) is 5.11 Å². The predicted molar refractivity (Wildman–Crippen MR) is 136 cm³/mol. The fourth-order valence-electron chi connectivity index (χ4n) is 4.99. The summed E-state index contributed by atoms with van der Waals surface area (Å²) in [5.74, 6) is 0.985. The van der Waals surface area contributed by atoms with Crippen molar-refractivity contribution in [3.05, 3.63) is 88.6 Å². The van der Waals surface area contributed by atoms with E-state index in [1.54, 1.807) is 0 Å². The van der Waals surface area contributed by atoms with E-state index in [0.717, 1.165) is 36.2 Å². The number of nitrogens with zero attached hydrogens (tertiary/aromatic N) is 2. The van der Waals surface area contributed by atoms with Crippen molar-refractivity contribution in [3.63, 3.8) is 0 Å². The maximum Gasteiger partial charge on any atom is 0.170 e. The Bertz CT molecular complexity index is 1070. The van der Waals surface area contributed by atoms with Crippen LogP contribution in [0, 0.1) is 0 Å². The molecule has 1 fully saturated rings. The van der Waals surface area contributed by atoms with Crippen molar-refractivity contribution in [1.29, 1.82) is 0 Å². The summed E-state index contributed by atoms with van der Waals surface area (Å²) in [6, 6.07) is 21.0. The molecule has 1 aliphatic heterocycles. The third kappa shape index (κ3) is 4.45. The molecule has 0 unspecified atom stereocenters. The average Bonchev–Trinajstić information content (AvgIpc) is 3.47. The van der Waals surface area contributed by atoms with Gasteiger partial charge in [-0.25, -0.2) is 4.98 Å². The normalized spacial score (nSPS) is 16.6. The zero-order chi connectivity index (χ0) is 22.0. The van der Waals surface area contributed by atoms with Crippen molar-refractivity contribution in [1.82, 2.24) is 10.3 Å². The van der Waals surface area contributed by atoms with Gasteiger partial charge in [0.1, 0.15) is 5.82 Å². The molecule has 2 aromatic carbocycles. The summed E-state index contributed by atoms with van der Waals surface area (Å²) >= 11 is 11.7. The lowest BCUT2D eigenvalue weighted by Crippen LogP contribution is -2.40. The molecule has 0 atom stereocenters. The number of benzene rings is 2. The van der Waals surface area contributed by atoms with Gasteiger partial charge in [-0.2, -0.15) is 0 Å². The van der Waals surface area contributed by atoms with Gasteiger partial charge in [-0.05, 0) is 66.0 Å². The number of hydrogen-bond acceptors (Lipinski definition) is 3. The zero-order valence-corrected chi connectivity index (χ0v) is 19.6. The first-order valence-electron chi connectivity index (χ1n) is 11.2. The fraction of sp³-hybridized carbons (Fsp3) is 0.308. The molecule has 3 aromatic rings. The van der Waals surface area contributed by atoms with Crippen LogP contribution in [0.25, 0.3) is 0 Å². The molecule has 0 saturated heterocycles. The topological polar surface area (TPSA) is 40.2 Å². The molecule has 0 spiro atoms. The Morgan fingerprint density at radius 1 is 0.969 bits per heavy atom. The van der Waals surface area contributed by atoms with Gasteiger partial charge in [-0.1, -0.05) is 60.8 Å². The largest absolute Gasteiger partial charge is 0.362 e.